The molecule has 1 aliphatic rings. The van der Waals surface area contributed by atoms with E-state index in [0.717, 1.165) is 12.8 Å². The molecule has 0 unspecified atom stereocenters. The molecular weight excluding hydrogens is 188 g/mol. The Hall–Kier alpha value is -1.14. The summed E-state index contributed by atoms with van der Waals surface area (Å²) in [5.41, 5.74) is 6.22. The summed E-state index contributed by atoms with van der Waals surface area (Å²) in [5.74, 6) is -1.64. The molecule has 1 saturated carbocycles. The van der Waals surface area contributed by atoms with Crippen molar-refractivity contribution in [3.05, 3.63) is 0 Å². The predicted molar refractivity (Wildman–Crippen MR) is 47.1 cm³/mol. The van der Waals surface area contributed by atoms with Gasteiger partial charge in [0.2, 0.25) is 0 Å². The molecule has 0 saturated heterocycles. The monoisotopic (exact) mass is 202 g/mol. The Balaban J connectivity index is 2.52. The molecule has 0 aromatic carbocycles. The fraction of sp³-hybridized carbons (Fsp3) is 0.750. The first-order valence-corrected chi connectivity index (χ1v) is 4.51. The maximum absolute atomic E-state index is 10.9. The van der Waals surface area contributed by atoms with Gasteiger partial charge in [-0.15, -0.1) is 5.48 Å². The SMILES string of the molecule is NCC(=O)ONC1(C(=O)O)CCCC1. The van der Waals surface area contributed by atoms with Gasteiger partial charge in [-0.05, 0) is 12.8 Å². The van der Waals surface area contributed by atoms with E-state index < -0.39 is 17.5 Å². The summed E-state index contributed by atoms with van der Waals surface area (Å²) < 4.78 is 0. The highest BCUT2D eigenvalue weighted by molar-refractivity contribution is 5.79. The summed E-state index contributed by atoms with van der Waals surface area (Å²) in [7, 11) is 0. The van der Waals surface area contributed by atoms with E-state index in [1.807, 2.05) is 0 Å². The predicted octanol–water partition coefficient (Wildman–Crippen LogP) is -0.610. The van der Waals surface area contributed by atoms with Gasteiger partial charge in [-0.1, -0.05) is 12.8 Å². The van der Waals surface area contributed by atoms with Gasteiger partial charge in [0.15, 0.2) is 5.54 Å². The third-order valence-corrected chi connectivity index (χ3v) is 2.39. The molecule has 0 atom stereocenters. The summed E-state index contributed by atoms with van der Waals surface area (Å²) in [6.45, 7) is -0.261. The molecule has 6 nitrogen and oxygen atoms in total. The summed E-state index contributed by atoms with van der Waals surface area (Å²) in [5, 5.41) is 8.96. The number of carbonyl (C=O) groups excluding carboxylic acids is 1. The second kappa shape index (κ2) is 4.39. The lowest BCUT2D eigenvalue weighted by Crippen LogP contribution is -2.51. The van der Waals surface area contributed by atoms with E-state index in [9.17, 15) is 9.59 Å². The first-order chi connectivity index (χ1) is 6.60. The van der Waals surface area contributed by atoms with Crippen molar-refractivity contribution in [3.8, 4) is 0 Å². The Morgan fingerprint density at radius 1 is 1.43 bits per heavy atom. The molecule has 0 bridgehead atoms. The second-order valence-corrected chi connectivity index (χ2v) is 3.37. The number of hydrogen-bond acceptors (Lipinski definition) is 5. The second-order valence-electron chi connectivity index (χ2n) is 3.37. The van der Waals surface area contributed by atoms with Crippen LogP contribution in [0.15, 0.2) is 0 Å². The molecule has 0 aromatic heterocycles. The van der Waals surface area contributed by atoms with Crippen molar-refractivity contribution in [2.24, 2.45) is 5.73 Å². The number of hydrogen-bond donors (Lipinski definition) is 3. The van der Waals surface area contributed by atoms with Crippen LogP contribution in [0.25, 0.3) is 0 Å². The summed E-state index contributed by atoms with van der Waals surface area (Å²) in [6, 6.07) is 0. The minimum Gasteiger partial charge on any atom is -0.480 e. The van der Waals surface area contributed by atoms with E-state index in [1.54, 1.807) is 0 Å². The minimum atomic E-state index is -1.11. The largest absolute Gasteiger partial charge is 0.480 e. The van der Waals surface area contributed by atoms with Crippen LogP contribution in [-0.2, 0) is 14.4 Å². The normalized spacial score (nSPS) is 19.2. The van der Waals surface area contributed by atoms with E-state index >= 15 is 0 Å². The Morgan fingerprint density at radius 3 is 2.43 bits per heavy atom. The van der Waals surface area contributed by atoms with E-state index in [2.05, 4.69) is 10.3 Å². The lowest BCUT2D eigenvalue weighted by molar-refractivity contribution is -0.163. The van der Waals surface area contributed by atoms with Crippen LogP contribution < -0.4 is 11.2 Å². The average molecular weight is 202 g/mol. The van der Waals surface area contributed by atoms with Crippen molar-refractivity contribution in [1.82, 2.24) is 5.48 Å². The maximum Gasteiger partial charge on any atom is 0.338 e. The van der Waals surface area contributed by atoms with Gasteiger partial charge in [-0.25, -0.2) is 4.79 Å². The fourth-order valence-corrected chi connectivity index (χ4v) is 1.53. The molecule has 1 fully saturated rings. The summed E-state index contributed by atoms with van der Waals surface area (Å²) in [6.07, 6.45) is 2.58. The van der Waals surface area contributed by atoms with Crippen molar-refractivity contribution in [2.45, 2.75) is 31.2 Å². The highest BCUT2D eigenvalue weighted by Gasteiger charge is 2.42. The van der Waals surface area contributed by atoms with Gasteiger partial charge in [0.05, 0.1) is 6.54 Å². The molecule has 0 heterocycles. The molecule has 1 aliphatic carbocycles. The molecule has 0 radical (unpaired) electrons. The van der Waals surface area contributed by atoms with Crippen LogP contribution in [0.5, 0.6) is 0 Å². The number of carboxylic acid groups (broad SMARTS) is 1. The van der Waals surface area contributed by atoms with Gasteiger partial charge < -0.3 is 15.7 Å². The van der Waals surface area contributed by atoms with Gasteiger partial charge in [-0.2, -0.15) is 0 Å². The van der Waals surface area contributed by atoms with Crippen LogP contribution in [0.4, 0.5) is 0 Å². The highest BCUT2D eigenvalue weighted by atomic mass is 16.7. The van der Waals surface area contributed by atoms with Crippen molar-refractivity contribution in [2.75, 3.05) is 6.54 Å². The summed E-state index contributed by atoms with van der Waals surface area (Å²) >= 11 is 0. The van der Waals surface area contributed by atoms with Gasteiger partial charge >= 0.3 is 11.9 Å². The average Bonchev–Trinajstić information content (AvgIpc) is 2.64. The molecule has 6 heteroatoms. The lowest BCUT2D eigenvalue weighted by atomic mass is 10.00. The Kier molecular flexibility index (Phi) is 3.43. The Labute approximate surface area is 81.4 Å². The van der Waals surface area contributed by atoms with Crippen molar-refractivity contribution < 1.29 is 19.5 Å². The molecule has 0 aromatic rings. The number of carbonyl (C=O) groups is 2. The topological polar surface area (TPSA) is 102 Å². The van der Waals surface area contributed by atoms with Gasteiger partial charge in [0, 0.05) is 0 Å². The van der Waals surface area contributed by atoms with Crippen molar-refractivity contribution in [3.63, 3.8) is 0 Å². The standard InChI is InChI=1S/C8H14N2O4/c9-5-6(11)14-10-8(7(12)13)3-1-2-4-8/h10H,1-5,9H2,(H,12,13). The zero-order valence-electron chi connectivity index (χ0n) is 7.78. The van der Waals surface area contributed by atoms with Crippen molar-refractivity contribution in [1.29, 1.82) is 0 Å². The first-order valence-electron chi connectivity index (χ1n) is 4.51. The number of carboxylic acids is 1. The molecule has 0 amide bonds. The van der Waals surface area contributed by atoms with E-state index in [4.69, 9.17) is 10.8 Å². The third-order valence-electron chi connectivity index (χ3n) is 2.39. The number of rotatable bonds is 4. The third kappa shape index (κ3) is 2.21. The van der Waals surface area contributed by atoms with Crippen molar-refractivity contribution >= 4 is 11.9 Å². The molecular formula is C8H14N2O4. The first kappa shape index (κ1) is 10.9. The fourth-order valence-electron chi connectivity index (χ4n) is 1.53. The van der Waals surface area contributed by atoms with Gasteiger partial charge in [0.25, 0.3) is 0 Å². The maximum atomic E-state index is 10.9. The number of hydroxylamine groups is 1. The van der Waals surface area contributed by atoms with Crippen LogP contribution in [0, 0.1) is 0 Å². The van der Waals surface area contributed by atoms with Gasteiger partial charge in [0.1, 0.15) is 0 Å². The van der Waals surface area contributed by atoms with E-state index in [-0.39, 0.29) is 6.54 Å². The minimum absolute atomic E-state index is 0.261. The van der Waals surface area contributed by atoms with Gasteiger partial charge in [-0.3, -0.25) is 4.79 Å². The lowest BCUT2D eigenvalue weighted by Gasteiger charge is -2.23. The number of nitrogens with one attached hydrogen (secondary N) is 1. The van der Waals surface area contributed by atoms with Crippen LogP contribution >= 0.6 is 0 Å². The molecule has 14 heavy (non-hydrogen) atoms. The number of nitrogens with two attached hydrogens (primary N) is 1. The molecule has 0 aliphatic heterocycles. The molecule has 1 rings (SSSR count). The number of aliphatic carboxylic acids is 1. The zero-order chi connectivity index (χ0) is 10.6. The highest BCUT2D eigenvalue weighted by Crippen LogP contribution is 2.29. The van der Waals surface area contributed by atoms with Crippen LogP contribution in [0.1, 0.15) is 25.7 Å². The van der Waals surface area contributed by atoms with Crippen LogP contribution in [-0.4, -0.2) is 29.1 Å². The zero-order valence-corrected chi connectivity index (χ0v) is 7.78. The van der Waals surface area contributed by atoms with Crippen LogP contribution in [0.3, 0.4) is 0 Å². The van der Waals surface area contributed by atoms with Crippen LogP contribution in [0.2, 0.25) is 0 Å². The smallest absolute Gasteiger partial charge is 0.338 e. The van der Waals surface area contributed by atoms with E-state index in [0.29, 0.717) is 12.8 Å². The molecule has 0 spiro atoms. The van der Waals surface area contributed by atoms with E-state index in [1.165, 1.54) is 0 Å². The Bertz CT molecular complexity index is 235. The quantitative estimate of drug-likeness (QED) is 0.526. The molecule has 4 N–H and O–H groups in total. The summed E-state index contributed by atoms with van der Waals surface area (Å²) in [4.78, 5) is 26.2. The molecule has 80 valence electrons. The Morgan fingerprint density at radius 2 is 2.00 bits per heavy atom.